The Bertz CT molecular complexity index is 1890. The molecule has 0 atom stereocenters. The van der Waals surface area contributed by atoms with E-state index in [1.54, 1.807) is 4.57 Å². The monoisotopic (exact) mass is 526 g/mol. The van der Waals surface area contributed by atoms with Crippen LogP contribution < -0.4 is 10.5 Å². The van der Waals surface area contributed by atoms with Crippen LogP contribution >= 0.6 is 12.2 Å². The molecule has 2 heterocycles. The molecule has 0 aliphatic carbocycles. The van der Waals surface area contributed by atoms with E-state index in [9.17, 15) is 4.79 Å². The van der Waals surface area contributed by atoms with Crippen molar-refractivity contribution >= 4 is 28.9 Å². The SMILES string of the molecule is CN(C)c1ccc(-c2cc(-c3ccccc3)nc3c2c(=O)n(-c2ccccc2)c(=S)n3-c2ccccc2)cc1. The third-order valence-corrected chi connectivity index (χ3v) is 7.17. The van der Waals surface area contributed by atoms with Crippen LogP contribution in [0.25, 0.3) is 44.8 Å². The van der Waals surface area contributed by atoms with E-state index < -0.39 is 0 Å². The topological polar surface area (TPSA) is 43.1 Å². The molecule has 0 aliphatic heterocycles. The first kappa shape index (κ1) is 24.5. The number of aromatic nitrogens is 3. The van der Waals surface area contributed by atoms with Gasteiger partial charge >= 0.3 is 0 Å². The highest BCUT2D eigenvalue weighted by Crippen LogP contribution is 2.33. The Kier molecular flexibility index (Phi) is 6.39. The summed E-state index contributed by atoms with van der Waals surface area (Å²) in [6, 6.07) is 39.7. The molecule has 6 aromatic rings. The highest BCUT2D eigenvalue weighted by molar-refractivity contribution is 7.71. The molecule has 0 saturated heterocycles. The minimum Gasteiger partial charge on any atom is -0.378 e. The minimum atomic E-state index is -0.202. The van der Waals surface area contributed by atoms with Crippen LogP contribution in [0.4, 0.5) is 5.69 Å². The highest BCUT2D eigenvalue weighted by Gasteiger charge is 2.20. The molecule has 0 fully saturated rings. The standard InChI is InChI=1S/C33H26N4OS/c1-35(2)25-20-18-23(19-21-25)28-22-29(24-12-6-3-7-13-24)34-31-30(28)32(38)37(27-16-10-5-11-17-27)33(39)36(31)26-14-8-4-9-15-26/h3-22H,1-2H3. The first-order valence-corrected chi connectivity index (χ1v) is 13.1. The number of fused-ring (bicyclic) bond motifs is 1. The van der Waals surface area contributed by atoms with Gasteiger partial charge in [-0.1, -0.05) is 78.9 Å². The van der Waals surface area contributed by atoms with Gasteiger partial charge < -0.3 is 4.90 Å². The lowest BCUT2D eigenvalue weighted by atomic mass is 9.99. The number of hydrogen-bond donors (Lipinski definition) is 0. The Labute approximate surface area is 231 Å². The lowest BCUT2D eigenvalue weighted by Crippen LogP contribution is -2.25. The fourth-order valence-electron chi connectivity index (χ4n) is 4.83. The van der Waals surface area contributed by atoms with Crippen LogP contribution in [0.3, 0.4) is 0 Å². The van der Waals surface area contributed by atoms with Crippen LogP contribution in [0.1, 0.15) is 0 Å². The molecule has 0 aliphatic rings. The molecule has 39 heavy (non-hydrogen) atoms. The van der Waals surface area contributed by atoms with E-state index in [1.165, 1.54) is 0 Å². The van der Waals surface area contributed by atoms with Crippen LogP contribution in [0, 0.1) is 4.77 Å². The van der Waals surface area contributed by atoms with Crippen molar-refractivity contribution in [2.45, 2.75) is 0 Å². The van der Waals surface area contributed by atoms with E-state index in [1.807, 2.05) is 116 Å². The average Bonchev–Trinajstić information content (AvgIpc) is 2.98. The van der Waals surface area contributed by atoms with Crippen LogP contribution in [-0.4, -0.2) is 28.2 Å². The lowest BCUT2D eigenvalue weighted by molar-refractivity contribution is 0.866. The van der Waals surface area contributed by atoms with Crippen molar-refractivity contribution < 1.29 is 0 Å². The van der Waals surface area contributed by atoms with E-state index in [4.69, 9.17) is 17.2 Å². The van der Waals surface area contributed by atoms with Crippen molar-refractivity contribution in [3.05, 3.63) is 136 Å². The Morgan fingerprint density at radius 2 is 1.21 bits per heavy atom. The van der Waals surface area contributed by atoms with Crippen molar-refractivity contribution in [3.63, 3.8) is 0 Å². The normalized spacial score (nSPS) is 11.0. The summed E-state index contributed by atoms with van der Waals surface area (Å²) in [5.74, 6) is 0. The Morgan fingerprint density at radius 3 is 1.77 bits per heavy atom. The molecular weight excluding hydrogens is 500 g/mol. The Morgan fingerprint density at radius 1 is 0.667 bits per heavy atom. The summed E-state index contributed by atoms with van der Waals surface area (Å²) in [5.41, 5.74) is 6.41. The van der Waals surface area contributed by atoms with Gasteiger partial charge in [0.05, 0.1) is 16.8 Å². The van der Waals surface area contributed by atoms with Crippen LogP contribution in [0.15, 0.2) is 126 Å². The van der Waals surface area contributed by atoms with Gasteiger partial charge in [0.1, 0.15) is 0 Å². The molecule has 6 rings (SSSR count). The smallest absolute Gasteiger partial charge is 0.269 e. The van der Waals surface area contributed by atoms with Gasteiger partial charge in [-0.05, 0) is 60.2 Å². The summed E-state index contributed by atoms with van der Waals surface area (Å²) >= 11 is 6.02. The number of nitrogens with zero attached hydrogens (tertiary/aromatic N) is 4. The maximum absolute atomic E-state index is 14.4. The molecule has 0 unspecified atom stereocenters. The van der Waals surface area contributed by atoms with E-state index in [0.717, 1.165) is 33.8 Å². The Hall–Kier alpha value is -4.81. The van der Waals surface area contributed by atoms with Gasteiger partial charge in [-0.2, -0.15) is 0 Å². The second kappa shape index (κ2) is 10.2. The quantitative estimate of drug-likeness (QED) is 0.221. The zero-order valence-corrected chi connectivity index (χ0v) is 22.5. The summed E-state index contributed by atoms with van der Waals surface area (Å²) in [5, 5.41) is 0.508. The fraction of sp³-hybridized carbons (Fsp3) is 0.0606. The van der Waals surface area contributed by atoms with Gasteiger partial charge in [0, 0.05) is 36.6 Å². The molecule has 190 valence electrons. The van der Waals surface area contributed by atoms with Crippen LogP contribution in [0.5, 0.6) is 0 Å². The third kappa shape index (κ3) is 4.45. The van der Waals surface area contributed by atoms with E-state index in [2.05, 4.69) is 29.2 Å². The molecule has 2 aromatic heterocycles. The predicted molar refractivity (Wildman–Crippen MR) is 163 cm³/mol. The molecule has 0 radical (unpaired) electrons. The van der Waals surface area contributed by atoms with Gasteiger partial charge in [0.25, 0.3) is 5.56 Å². The summed E-state index contributed by atoms with van der Waals surface area (Å²) in [4.78, 5) is 21.5. The summed E-state index contributed by atoms with van der Waals surface area (Å²) < 4.78 is 3.87. The zero-order chi connectivity index (χ0) is 26.9. The summed E-state index contributed by atoms with van der Waals surface area (Å²) in [7, 11) is 4.02. The Balaban J connectivity index is 1.80. The van der Waals surface area contributed by atoms with Gasteiger partial charge in [0.2, 0.25) is 0 Å². The van der Waals surface area contributed by atoms with Gasteiger partial charge in [-0.25, -0.2) is 4.98 Å². The first-order valence-electron chi connectivity index (χ1n) is 12.7. The number of pyridine rings is 1. The molecule has 0 saturated carbocycles. The molecule has 0 bridgehead atoms. The number of benzene rings is 4. The molecular formula is C33H26N4OS. The van der Waals surface area contributed by atoms with Crippen molar-refractivity contribution in [1.29, 1.82) is 0 Å². The number of rotatable bonds is 5. The number of anilines is 1. The highest BCUT2D eigenvalue weighted by atomic mass is 32.1. The second-order valence-electron chi connectivity index (χ2n) is 9.49. The van der Waals surface area contributed by atoms with E-state index >= 15 is 0 Å². The molecule has 6 heteroatoms. The van der Waals surface area contributed by atoms with Gasteiger partial charge in [-0.15, -0.1) is 0 Å². The average molecular weight is 527 g/mol. The van der Waals surface area contributed by atoms with Gasteiger partial charge in [0.15, 0.2) is 10.4 Å². The number of para-hydroxylation sites is 2. The molecule has 5 nitrogen and oxygen atoms in total. The van der Waals surface area contributed by atoms with Crippen molar-refractivity contribution in [2.75, 3.05) is 19.0 Å². The largest absolute Gasteiger partial charge is 0.378 e. The number of hydrogen-bond acceptors (Lipinski definition) is 4. The lowest BCUT2D eigenvalue weighted by Gasteiger charge is -2.19. The minimum absolute atomic E-state index is 0.202. The summed E-state index contributed by atoms with van der Waals surface area (Å²) in [6.45, 7) is 0. The summed E-state index contributed by atoms with van der Waals surface area (Å²) in [6.07, 6.45) is 0. The fourth-order valence-corrected chi connectivity index (χ4v) is 5.21. The van der Waals surface area contributed by atoms with Crippen molar-refractivity contribution in [3.8, 4) is 33.8 Å². The maximum Gasteiger partial charge on any atom is 0.269 e. The molecule has 0 amide bonds. The maximum atomic E-state index is 14.4. The van der Waals surface area contributed by atoms with E-state index in [0.29, 0.717) is 21.5 Å². The third-order valence-electron chi connectivity index (χ3n) is 6.80. The van der Waals surface area contributed by atoms with Crippen LogP contribution in [-0.2, 0) is 0 Å². The molecule has 0 spiro atoms. The second-order valence-corrected chi connectivity index (χ2v) is 9.86. The van der Waals surface area contributed by atoms with E-state index in [-0.39, 0.29) is 5.56 Å². The zero-order valence-electron chi connectivity index (χ0n) is 21.7. The predicted octanol–water partition coefficient (Wildman–Crippen LogP) is 7.31. The van der Waals surface area contributed by atoms with Gasteiger partial charge in [-0.3, -0.25) is 13.9 Å². The molecule has 4 aromatic carbocycles. The van der Waals surface area contributed by atoms with Crippen molar-refractivity contribution in [2.24, 2.45) is 0 Å². The van der Waals surface area contributed by atoms with Crippen molar-refractivity contribution in [1.82, 2.24) is 14.1 Å². The van der Waals surface area contributed by atoms with Crippen LogP contribution in [0.2, 0.25) is 0 Å². The first-order chi connectivity index (χ1) is 19.0. The molecule has 0 N–H and O–H groups in total.